The average Bonchev–Trinajstić information content (AvgIpc) is 3.42. The van der Waals surface area contributed by atoms with Crippen LogP contribution in [0, 0.1) is 0 Å². The lowest BCUT2D eigenvalue weighted by atomic mass is 9.99. The van der Waals surface area contributed by atoms with Crippen LogP contribution in [-0.4, -0.2) is 48.3 Å². The van der Waals surface area contributed by atoms with Crippen molar-refractivity contribution >= 4 is 38.5 Å². The third-order valence-corrected chi connectivity index (χ3v) is 8.25. The lowest BCUT2D eigenvalue weighted by Gasteiger charge is -2.36. The first-order valence-electron chi connectivity index (χ1n) is 12.2. The number of sulfonamides is 1. The number of ether oxygens (including phenoxy) is 2. The molecular weight excluding hydrogens is 518 g/mol. The van der Waals surface area contributed by atoms with Crippen LogP contribution in [0.25, 0.3) is 11.0 Å². The summed E-state index contributed by atoms with van der Waals surface area (Å²) in [6, 6.07) is 20.8. The van der Waals surface area contributed by atoms with Gasteiger partial charge in [0.25, 0.3) is 10.0 Å². The van der Waals surface area contributed by atoms with E-state index in [-0.39, 0.29) is 23.4 Å². The van der Waals surface area contributed by atoms with Gasteiger partial charge in [0.15, 0.2) is 17.1 Å². The molecule has 1 aliphatic rings. The number of H-pyrrole nitrogens is 1. The van der Waals surface area contributed by atoms with Gasteiger partial charge in [0.05, 0.1) is 41.9 Å². The monoisotopic (exact) mass is 543 g/mol. The zero-order chi connectivity index (χ0) is 27.0. The Kier molecular flexibility index (Phi) is 6.15. The van der Waals surface area contributed by atoms with Gasteiger partial charge in [-0.05, 0) is 42.3 Å². The van der Waals surface area contributed by atoms with Crippen LogP contribution in [0.3, 0.4) is 0 Å². The molecule has 0 radical (unpaired) electrons. The van der Waals surface area contributed by atoms with Crippen molar-refractivity contribution in [3.63, 3.8) is 0 Å². The highest BCUT2D eigenvalue weighted by Crippen LogP contribution is 2.36. The Morgan fingerprint density at radius 3 is 2.67 bits per heavy atom. The highest BCUT2D eigenvalue weighted by Gasteiger charge is 2.34. The average molecular weight is 544 g/mol. The summed E-state index contributed by atoms with van der Waals surface area (Å²) in [5.74, 6) is 1.97. The number of aromatic nitrogens is 4. The molecule has 4 N–H and O–H groups in total. The second-order valence-electron chi connectivity index (χ2n) is 9.00. The van der Waals surface area contributed by atoms with E-state index in [1.54, 1.807) is 43.6 Å². The van der Waals surface area contributed by atoms with Gasteiger partial charge in [-0.1, -0.05) is 36.4 Å². The van der Waals surface area contributed by atoms with Crippen molar-refractivity contribution in [3.8, 4) is 17.2 Å². The fourth-order valence-corrected chi connectivity index (χ4v) is 6.27. The predicted octanol–water partition coefficient (Wildman–Crippen LogP) is 3.97. The van der Waals surface area contributed by atoms with Crippen LogP contribution in [0.5, 0.6) is 17.2 Å². The van der Waals surface area contributed by atoms with Gasteiger partial charge in [0.1, 0.15) is 11.6 Å². The molecule has 11 nitrogen and oxygen atoms in total. The molecule has 0 fully saturated rings. The van der Waals surface area contributed by atoms with Crippen LogP contribution < -0.4 is 24.8 Å². The van der Waals surface area contributed by atoms with E-state index in [1.165, 1.54) is 10.4 Å². The number of anilines is 3. The maximum Gasteiger partial charge on any atom is 0.264 e. The molecule has 0 saturated heterocycles. The van der Waals surface area contributed by atoms with Crippen molar-refractivity contribution in [2.24, 2.45) is 0 Å². The molecule has 12 heteroatoms. The summed E-state index contributed by atoms with van der Waals surface area (Å²) in [7, 11) is -2.41. The first-order valence-corrected chi connectivity index (χ1v) is 13.6. The van der Waals surface area contributed by atoms with Gasteiger partial charge in [-0.3, -0.25) is 9.40 Å². The molecule has 5 aromatic rings. The Bertz CT molecular complexity index is 1770. The molecule has 39 heavy (non-hydrogen) atoms. The van der Waals surface area contributed by atoms with E-state index in [0.29, 0.717) is 46.2 Å². The van der Waals surface area contributed by atoms with Gasteiger partial charge in [0, 0.05) is 6.07 Å². The van der Waals surface area contributed by atoms with Crippen LogP contribution in [0.15, 0.2) is 83.9 Å². The molecule has 1 atom stereocenters. The van der Waals surface area contributed by atoms with Crippen molar-refractivity contribution in [2.75, 3.05) is 29.0 Å². The number of aromatic amines is 1. The molecule has 1 unspecified atom stereocenters. The number of para-hydroxylation sites is 3. The number of rotatable bonds is 7. The zero-order valence-corrected chi connectivity index (χ0v) is 21.7. The quantitative estimate of drug-likeness (QED) is 0.277. The van der Waals surface area contributed by atoms with E-state index in [1.807, 2.05) is 36.4 Å². The van der Waals surface area contributed by atoms with Crippen molar-refractivity contribution in [1.29, 1.82) is 0 Å². The number of benzene rings is 3. The van der Waals surface area contributed by atoms with Gasteiger partial charge in [-0.2, -0.15) is 15.1 Å². The second-order valence-corrected chi connectivity index (χ2v) is 10.9. The minimum Gasteiger partial charge on any atom is -0.493 e. The van der Waals surface area contributed by atoms with Crippen LogP contribution in [-0.2, 0) is 16.4 Å². The fraction of sp³-hybridized carbons (Fsp3) is 0.148. The van der Waals surface area contributed by atoms with E-state index < -0.39 is 10.0 Å². The number of nitrogens with one attached hydrogen (secondary N) is 2. The van der Waals surface area contributed by atoms with Gasteiger partial charge in [0.2, 0.25) is 5.95 Å². The summed E-state index contributed by atoms with van der Waals surface area (Å²) in [4.78, 5) is 8.59. The Morgan fingerprint density at radius 1 is 1.03 bits per heavy atom. The zero-order valence-electron chi connectivity index (χ0n) is 20.9. The molecule has 3 heterocycles. The topological polar surface area (TPSA) is 148 Å². The van der Waals surface area contributed by atoms with Crippen LogP contribution in [0.1, 0.15) is 5.56 Å². The lowest BCUT2D eigenvalue weighted by molar-refractivity contribution is 0.378. The third-order valence-electron chi connectivity index (χ3n) is 6.47. The Labute approximate surface area is 224 Å². The van der Waals surface area contributed by atoms with E-state index in [9.17, 15) is 8.42 Å². The standard InChI is InChI=1S/C27H25N7O4S/c1-37-23-11-4-5-12-24(23)38-19-8-6-9-20(14-19)39(35,36)34-16-18(13-17-7-2-3-10-22(17)34)30-25-21-15-29-33-26(21)32-27(28)31-25/h2-12,14-15,18H,13,16H2,1H3,(H4,28,29,30,31,32,33). The number of hydrogen-bond acceptors (Lipinski definition) is 9. The van der Waals surface area contributed by atoms with E-state index in [4.69, 9.17) is 15.2 Å². The third kappa shape index (κ3) is 4.66. The van der Waals surface area contributed by atoms with E-state index in [2.05, 4.69) is 25.5 Å². The van der Waals surface area contributed by atoms with Crippen molar-refractivity contribution < 1.29 is 17.9 Å². The van der Waals surface area contributed by atoms with Gasteiger partial charge < -0.3 is 20.5 Å². The van der Waals surface area contributed by atoms with Crippen LogP contribution >= 0.6 is 0 Å². The summed E-state index contributed by atoms with van der Waals surface area (Å²) in [5.41, 5.74) is 7.90. The highest BCUT2D eigenvalue weighted by molar-refractivity contribution is 7.92. The largest absolute Gasteiger partial charge is 0.493 e. The normalized spacial score (nSPS) is 15.1. The minimum atomic E-state index is -3.96. The highest BCUT2D eigenvalue weighted by atomic mass is 32.2. The summed E-state index contributed by atoms with van der Waals surface area (Å²) in [5, 5.41) is 10.8. The van der Waals surface area contributed by atoms with E-state index in [0.717, 1.165) is 5.56 Å². The number of methoxy groups -OCH3 is 1. The minimum absolute atomic E-state index is 0.0850. The number of hydrogen-bond donors (Lipinski definition) is 3. The Balaban J connectivity index is 1.33. The number of nitrogen functional groups attached to an aromatic ring is 1. The summed E-state index contributed by atoms with van der Waals surface area (Å²) >= 11 is 0. The van der Waals surface area contributed by atoms with Crippen molar-refractivity contribution in [3.05, 3.63) is 84.6 Å². The maximum atomic E-state index is 14.1. The molecule has 0 aliphatic carbocycles. The first kappa shape index (κ1) is 24.5. The second kappa shape index (κ2) is 9.80. The molecule has 0 saturated carbocycles. The molecule has 0 amide bonds. The summed E-state index contributed by atoms with van der Waals surface area (Å²) in [6.07, 6.45) is 2.19. The SMILES string of the molecule is COc1ccccc1Oc1cccc(S(=O)(=O)N2CC(Nc3nc(N)nc4[nH]ncc34)Cc3ccccc32)c1. The van der Waals surface area contributed by atoms with Crippen molar-refractivity contribution in [1.82, 2.24) is 20.2 Å². The first-order chi connectivity index (χ1) is 18.9. The molecule has 198 valence electrons. The molecule has 3 aromatic carbocycles. The molecular formula is C27H25N7O4S. The van der Waals surface area contributed by atoms with E-state index >= 15 is 0 Å². The smallest absolute Gasteiger partial charge is 0.264 e. The fourth-order valence-electron chi connectivity index (χ4n) is 4.69. The van der Waals surface area contributed by atoms with Gasteiger partial charge in [-0.25, -0.2) is 8.42 Å². The molecule has 1 aliphatic heterocycles. The lowest BCUT2D eigenvalue weighted by Crippen LogP contribution is -2.45. The Hall–Kier alpha value is -4.84. The molecule has 0 spiro atoms. The van der Waals surface area contributed by atoms with Gasteiger partial charge in [-0.15, -0.1) is 0 Å². The van der Waals surface area contributed by atoms with Crippen LogP contribution in [0.4, 0.5) is 17.5 Å². The Morgan fingerprint density at radius 2 is 1.82 bits per heavy atom. The summed E-state index contributed by atoms with van der Waals surface area (Å²) < 4.78 is 40.9. The molecule has 0 bridgehead atoms. The summed E-state index contributed by atoms with van der Waals surface area (Å²) in [6.45, 7) is 0.167. The maximum absolute atomic E-state index is 14.1. The van der Waals surface area contributed by atoms with Gasteiger partial charge >= 0.3 is 0 Å². The predicted molar refractivity (Wildman–Crippen MR) is 148 cm³/mol. The molecule has 2 aromatic heterocycles. The number of fused-ring (bicyclic) bond motifs is 2. The van der Waals surface area contributed by atoms with Crippen LogP contribution in [0.2, 0.25) is 0 Å². The van der Waals surface area contributed by atoms with Crippen molar-refractivity contribution in [2.45, 2.75) is 17.4 Å². The number of nitrogens with zero attached hydrogens (tertiary/aromatic N) is 4. The molecule has 6 rings (SSSR count). The number of nitrogens with two attached hydrogens (primary N) is 1.